The predicted octanol–water partition coefficient (Wildman–Crippen LogP) is 15.6. The Morgan fingerprint density at radius 1 is 0.328 bits per heavy atom. The van der Waals surface area contributed by atoms with Crippen LogP contribution in [0, 0.1) is 6.57 Å². The first kappa shape index (κ1) is 37.0. The second-order valence-electron chi connectivity index (χ2n) is 16.1. The average molecular weight is 816 g/mol. The highest BCUT2D eigenvalue weighted by Gasteiger charge is 2.22. The second-order valence-corrected chi connectivity index (χ2v) is 16.1. The molecule has 298 valence electrons. The summed E-state index contributed by atoms with van der Waals surface area (Å²) in [7, 11) is 0. The topological polar surface area (TPSA) is 40.0 Å². The Morgan fingerprint density at radius 2 is 0.812 bits per heavy atom. The third-order valence-electron chi connectivity index (χ3n) is 12.4. The molecule has 0 aliphatic heterocycles. The highest BCUT2D eigenvalue weighted by molar-refractivity contribution is 6.12. The van der Waals surface area contributed by atoms with Crippen LogP contribution in [0.4, 0.5) is 5.69 Å². The van der Waals surface area contributed by atoms with E-state index in [0.717, 1.165) is 94.5 Å². The van der Waals surface area contributed by atoms with Crippen molar-refractivity contribution >= 4 is 49.3 Å². The number of nitrogens with zero attached hydrogens (tertiary/aromatic N) is 5. The van der Waals surface area contributed by atoms with Gasteiger partial charge in [0.2, 0.25) is 0 Å². The molecule has 12 rings (SSSR count). The minimum atomic E-state index is 0.623. The zero-order valence-electron chi connectivity index (χ0n) is 34.6. The molecule has 0 amide bonds. The summed E-state index contributed by atoms with van der Waals surface area (Å²) in [4.78, 5) is 14.3. The largest absolute Gasteiger partial charge is 0.309 e. The number of aromatic nitrogens is 4. The molecule has 12 aromatic rings. The van der Waals surface area contributed by atoms with E-state index in [4.69, 9.17) is 16.5 Å². The molecule has 0 aliphatic rings. The van der Waals surface area contributed by atoms with E-state index in [9.17, 15) is 0 Å². The van der Waals surface area contributed by atoms with Gasteiger partial charge in [-0.1, -0.05) is 170 Å². The Kier molecular flexibility index (Phi) is 8.81. The second kappa shape index (κ2) is 15.3. The Hall–Kier alpha value is -8.85. The van der Waals surface area contributed by atoms with Crippen molar-refractivity contribution in [1.29, 1.82) is 0 Å². The first-order valence-electron chi connectivity index (χ1n) is 21.4. The smallest absolute Gasteiger partial charge is 0.187 e. The fourth-order valence-electron chi connectivity index (χ4n) is 9.42. The molecule has 0 fully saturated rings. The fraction of sp³-hybridized carbons (Fsp3) is 0. The van der Waals surface area contributed by atoms with Crippen LogP contribution in [-0.4, -0.2) is 19.1 Å². The summed E-state index contributed by atoms with van der Waals surface area (Å²) in [5, 5.41) is 4.70. The van der Waals surface area contributed by atoms with Crippen molar-refractivity contribution in [2.45, 2.75) is 0 Å². The van der Waals surface area contributed by atoms with Crippen molar-refractivity contribution in [3.63, 3.8) is 0 Å². The van der Waals surface area contributed by atoms with Gasteiger partial charge in [0, 0.05) is 49.4 Å². The van der Waals surface area contributed by atoms with Gasteiger partial charge >= 0.3 is 0 Å². The molecule has 0 radical (unpaired) electrons. The van der Waals surface area contributed by atoms with Crippen LogP contribution in [0.25, 0.3) is 116 Å². The number of para-hydroxylation sites is 4. The van der Waals surface area contributed by atoms with Crippen LogP contribution >= 0.6 is 0 Å². The minimum absolute atomic E-state index is 0.623. The van der Waals surface area contributed by atoms with Crippen LogP contribution in [0.2, 0.25) is 0 Å². The summed E-state index contributed by atoms with van der Waals surface area (Å²) in [6.07, 6.45) is 0. The molecular formula is C59H37N5. The van der Waals surface area contributed by atoms with Gasteiger partial charge in [0.05, 0.1) is 51.4 Å². The molecule has 0 unspecified atom stereocenters. The standard InChI is InChI=1S/C59H37N5/c1-60-44-22-16-21-41(35-44)42-32-34-57-50(36-42)48-26-11-15-30-56(48)64(57)58-37-43(59-61-51(39-17-4-2-5-18-39)38-52(62-59)40-19-6-3-7-20-40)31-33-49(58)47-25-10-14-29-55(47)63-53-27-12-8-23-45(53)46-24-9-13-28-54(46)63/h2-38H. The summed E-state index contributed by atoms with van der Waals surface area (Å²) in [5.74, 6) is 0.645. The lowest BCUT2D eigenvalue weighted by atomic mass is 9.98. The lowest BCUT2D eigenvalue weighted by molar-refractivity contribution is 1.15. The van der Waals surface area contributed by atoms with Crippen LogP contribution in [-0.2, 0) is 0 Å². The zero-order chi connectivity index (χ0) is 42.6. The van der Waals surface area contributed by atoms with E-state index in [-0.39, 0.29) is 0 Å². The summed E-state index contributed by atoms with van der Waals surface area (Å²) in [6.45, 7) is 7.67. The number of rotatable bonds is 7. The lowest BCUT2D eigenvalue weighted by Gasteiger charge is -2.20. The van der Waals surface area contributed by atoms with Gasteiger partial charge in [-0.15, -0.1) is 0 Å². The van der Waals surface area contributed by atoms with Crippen molar-refractivity contribution < 1.29 is 0 Å². The molecule has 0 spiro atoms. The molecule has 9 aromatic carbocycles. The van der Waals surface area contributed by atoms with Gasteiger partial charge in [0.15, 0.2) is 11.5 Å². The van der Waals surface area contributed by atoms with E-state index >= 15 is 0 Å². The number of hydrogen-bond acceptors (Lipinski definition) is 2. The molecule has 5 heteroatoms. The van der Waals surface area contributed by atoms with Crippen molar-refractivity contribution in [1.82, 2.24) is 19.1 Å². The Morgan fingerprint density at radius 3 is 1.45 bits per heavy atom. The maximum atomic E-state index is 7.67. The van der Waals surface area contributed by atoms with Gasteiger partial charge in [-0.05, 0) is 65.7 Å². The quantitative estimate of drug-likeness (QED) is 0.150. The van der Waals surface area contributed by atoms with Crippen LogP contribution in [0.5, 0.6) is 0 Å². The molecule has 0 saturated heterocycles. The molecule has 64 heavy (non-hydrogen) atoms. The molecular weight excluding hydrogens is 779 g/mol. The normalized spacial score (nSPS) is 11.4. The van der Waals surface area contributed by atoms with Crippen LogP contribution in [0.3, 0.4) is 0 Å². The fourth-order valence-corrected chi connectivity index (χ4v) is 9.42. The molecule has 0 atom stereocenters. The van der Waals surface area contributed by atoms with Gasteiger partial charge in [0.1, 0.15) is 0 Å². The van der Waals surface area contributed by atoms with Gasteiger partial charge in [-0.3, -0.25) is 0 Å². The van der Waals surface area contributed by atoms with Crippen molar-refractivity contribution in [3.05, 3.63) is 236 Å². The van der Waals surface area contributed by atoms with Crippen molar-refractivity contribution in [3.8, 4) is 67.5 Å². The number of fused-ring (bicyclic) bond motifs is 6. The maximum absolute atomic E-state index is 7.67. The number of hydrogen-bond donors (Lipinski definition) is 0. The summed E-state index contributed by atoms with van der Waals surface area (Å²) < 4.78 is 4.82. The SMILES string of the molecule is [C-]#[N+]c1cccc(-c2ccc3c(c2)c2ccccc2n3-c2cc(-c3nc(-c4ccccc4)cc(-c4ccccc4)n3)ccc2-c2ccccc2-n2c3ccccc3c3ccccc32)c1. The van der Waals surface area contributed by atoms with Crippen LogP contribution in [0.15, 0.2) is 224 Å². The molecule has 3 aromatic heterocycles. The van der Waals surface area contributed by atoms with Gasteiger partial charge in [-0.2, -0.15) is 0 Å². The summed E-state index contributed by atoms with van der Waals surface area (Å²) in [6, 6.07) is 78.8. The van der Waals surface area contributed by atoms with E-state index in [1.807, 2.05) is 30.3 Å². The van der Waals surface area contributed by atoms with E-state index in [1.165, 1.54) is 10.8 Å². The van der Waals surface area contributed by atoms with Crippen LogP contribution in [0.1, 0.15) is 0 Å². The van der Waals surface area contributed by atoms with Gasteiger partial charge < -0.3 is 9.13 Å². The molecule has 0 N–H and O–H groups in total. The minimum Gasteiger partial charge on any atom is -0.309 e. The van der Waals surface area contributed by atoms with E-state index in [0.29, 0.717) is 11.5 Å². The summed E-state index contributed by atoms with van der Waals surface area (Å²) in [5.41, 5.74) is 16.1. The van der Waals surface area contributed by atoms with Crippen molar-refractivity contribution in [2.24, 2.45) is 0 Å². The first-order valence-corrected chi connectivity index (χ1v) is 21.4. The highest BCUT2D eigenvalue weighted by atomic mass is 15.0. The van der Waals surface area contributed by atoms with Crippen LogP contribution < -0.4 is 0 Å². The molecule has 0 bridgehead atoms. The van der Waals surface area contributed by atoms with Gasteiger partial charge in [-0.25, -0.2) is 14.8 Å². The Balaban J connectivity index is 1.15. The molecule has 3 heterocycles. The zero-order valence-corrected chi connectivity index (χ0v) is 34.6. The first-order chi connectivity index (χ1) is 31.7. The van der Waals surface area contributed by atoms with E-state index in [1.54, 1.807) is 0 Å². The molecule has 0 saturated carbocycles. The third kappa shape index (κ3) is 6.16. The molecule has 5 nitrogen and oxygen atoms in total. The lowest BCUT2D eigenvalue weighted by Crippen LogP contribution is -2.03. The number of benzene rings is 9. The third-order valence-corrected chi connectivity index (χ3v) is 12.4. The Bertz CT molecular complexity index is 3690. The van der Waals surface area contributed by atoms with E-state index in [2.05, 4.69) is 208 Å². The monoisotopic (exact) mass is 815 g/mol. The predicted molar refractivity (Wildman–Crippen MR) is 264 cm³/mol. The van der Waals surface area contributed by atoms with E-state index < -0.39 is 0 Å². The highest BCUT2D eigenvalue weighted by Crippen LogP contribution is 2.43. The van der Waals surface area contributed by atoms with Gasteiger partial charge in [0.25, 0.3) is 0 Å². The Labute approximate surface area is 370 Å². The molecule has 0 aliphatic carbocycles. The van der Waals surface area contributed by atoms with Crippen molar-refractivity contribution in [2.75, 3.05) is 0 Å². The average Bonchev–Trinajstić information content (AvgIpc) is 3.89. The summed E-state index contributed by atoms with van der Waals surface area (Å²) >= 11 is 0. The maximum Gasteiger partial charge on any atom is 0.187 e.